The lowest BCUT2D eigenvalue weighted by atomic mass is 10.1. The third-order valence-corrected chi connectivity index (χ3v) is 3.67. The van der Waals surface area contributed by atoms with E-state index in [2.05, 4.69) is 10.3 Å². The molecule has 2 aliphatic rings. The summed E-state index contributed by atoms with van der Waals surface area (Å²) in [5.41, 5.74) is 0. The van der Waals surface area contributed by atoms with Crippen LogP contribution in [-0.4, -0.2) is 61.8 Å². The number of nitrogens with zero attached hydrogens (tertiary/aromatic N) is 2. The summed E-state index contributed by atoms with van der Waals surface area (Å²) in [6, 6.07) is -0.717. The van der Waals surface area contributed by atoms with Crippen LogP contribution in [-0.2, 0) is 14.3 Å². The van der Waals surface area contributed by atoms with Gasteiger partial charge in [0.15, 0.2) is 0 Å². The molecule has 3 atom stereocenters. The highest BCUT2D eigenvalue weighted by Crippen LogP contribution is 2.28. The maximum atomic E-state index is 12.4. The van der Waals surface area contributed by atoms with Crippen LogP contribution in [0.2, 0.25) is 0 Å². The number of fused-ring (bicyclic) bond motifs is 1. The van der Waals surface area contributed by atoms with Crippen molar-refractivity contribution >= 4 is 18.1 Å². The standard InChI is InChI=1S/C12H19N3O3/c1-13-9-7-14-6-5-8-3-4-10(12(17)18-2)15(8)11(9)16/h6,8-10,13H,3-5,7H2,1-2H3/b14-6-/t8-,9+,10+/m1/s1. The van der Waals surface area contributed by atoms with E-state index in [9.17, 15) is 9.59 Å². The van der Waals surface area contributed by atoms with Crippen molar-refractivity contribution in [2.45, 2.75) is 37.4 Å². The first-order chi connectivity index (χ1) is 8.69. The van der Waals surface area contributed by atoms with Crippen molar-refractivity contribution in [3.63, 3.8) is 0 Å². The van der Waals surface area contributed by atoms with Gasteiger partial charge in [-0.1, -0.05) is 0 Å². The van der Waals surface area contributed by atoms with Crippen LogP contribution >= 0.6 is 0 Å². The van der Waals surface area contributed by atoms with Crippen molar-refractivity contribution in [2.75, 3.05) is 20.7 Å². The molecular weight excluding hydrogens is 234 g/mol. The molecule has 1 amide bonds. The molecule has 18 heavy (non-hydrogen) atoms. The Bertz CT molecular complexity index is 370. The Labute approximate surface area is 106 Å². The minimum atomic E-state index is -0.435. The zero-order chi connectivity index (χ0) is 13.1. The molecule has 1 saturated heterocycles. The fraction of sp³-hybridized carbons (Fsp3) is 0.750. The van der Waals surface area contributed by atoms with E-state index in [0.717, 1.165) is 12.8 Å². The van der Waals surface area contributed by atoms with Gasteiger partial charge in [-0.05, 0) is 19.9 Å². The molecule has 0 spiro atoms. The molecule has 0 bridgehead atoms. The second kappa shape index (κ2) is 5.48. The minimum Gasteiger partial charge on any atom is -0.467 e. The normalized spacial score (nSPS) is 33.6. The zero-order valence-electron chi connectivity index (χ0n) is 10.8. The maximum Gasteiger partial charge on any atom is 0.328 e. The highest BCUT2D eigenvalue weighted by Gasteiger charge is 2.43. The number of methoxy groups -OCH3 is 1. The SMILES string of the molecule is CN[C@H]1C/N=C\C[C@H]2CC[C@@H](C(=O)OC)N2C1=O. The Kier molecular flexibility index (Phi) is 3.96. The molecule has 0 radical (unpaired) electrons. The number of carbonyl (C=O) groups is 2. The zero-order valence-corrected chi connectivity index (χ0v) is 10.8. The number of carbonyl (C=O) groups excluding carboxylic acids is 2. The van der Waals surface area contributed by atoms with Gasteiger partial charge in [0, 0.05) is 18.7 Å². The third kappa shape index (κ3) is 2.25. The van der Waals surface area contributed by atoms with Crippen LogP contribution in [0.1, 0.15) is 19.3 Å². The molecule has 2 aliphatic heterocycles. The van der Waals surface area contributed by atoms with Crippen LogP contribution in [0, 0.1) is 0 Å². The van der Waals surface area contributed by atoms with E-state index in [1.165, 1.54) is 7.11 Å². The summed E-state index contributed by atoms with van der Waals surface area (Å²) in [5, 5.41) is 2.95. The summed E-state index contributed by atoms with van der Waals surface area (Å²) in [5.74, 6) is -0.370. The second-order valence-corrected chi connectivity index (χ2v) is 4.64. The molecule has 0 aromatic rings. The maximum absolute atomic E-state index is 12.4. The fourth-order valence-corrected chi connectivity index (χ4v) is 2.66. The summed E-state index contributed by atoms with van der Waals surface area (Å²) in [4.78, 5) is 30.1. The number of nitrogens with one attached hydrogen (secondary N) is 1. The van der Waals surface area contributed by atoms with Gasteiger partial charge >= 0.3 is 5.97 Å². The monoisotopic (exact) mass is 253 g/mol. The number of esters is 1. The lowest BCUT2D eigenvalue weighted by Gasteiger charge is -2.32. The molecule has 100 valence electrons. The van der Waals surface area contributed by atoms with E-state index in [4.69, 9.17) is 4.74 Å². The van der Waals surface area contributed by atoms with Crippen LogP contribution in [0.4, 0.5) is 0 Å². The Morgan fingerprint density at radius 2 is 2.33 bits per heavy atom. The molecule has 6 nitrogen and oxygen atoms in total. The lowest BCUT2D eigenvalue weighted by molar-refractivity contribution is -0.152. The summed E-state index contributed by atoms with van der Waals surface area (Å²) in [6.07, 6.45) is 4.07. The van der Waals surface area contributed by atoms with Gasteiger partial charge in [0.2, 0.25) is 5.91 Å². The average Bonchev–Trinajstić information content (AvgIpc) is 2.78. The molecule has 1 fully saturated rings. The molecule has 2 rings (SSSR count). The van der Waals surface area contributed by atoms with Crippen molar-refractivity contribution in [2.24, 2.45) is 4.99 Å². The van der Waals surface area contributed by atoms with Crippen LogP contribution in [0.3, 0.4) is 0 Å². The van der Waals surface area contributed by atoms with Crippen LogP contribution in [0.15, 0.2) is 4.99 Å². The molecular formula is C12H19N3O3. The smallest absolute Gasteiger partial charge is 0.328 e. The molecule has 0 aromatic heterocycles. The topological polar surface area (TPSA) is 71.0 Å². The number of aliphatic imine (C=N–C) groups is 1. The quantitative estimate of drug-likeness (QED) is 0.679. The Morgan fingerprint density at radius 1 is 1.56 bits per heavy atom. The Hall–Kier alpha value is -1.43. The van der Waals surface area contributed by atoms with Gasteiger partial charge in [0.05, 0.1) is 13.7 Å². The largest absolute Gasteiger partial charge is 0.467 e. The van der Waals surface area contributed by atoms with Gasteiger partial charge in [0.25, 0.3) is 0 Å². The predicted octanol–water partition coefficient (Wildman–Crippen LogP) is -0.418. The predicted molar refractivity (Wildman–Crippen MR) is 66.5 cm³/mol. The molecule has 2 heterocycles. The van der Waals surface area contributed by atoms with E-state index < -0.39 is 6.04 Å². The molecule has 0 saturated carbocycles. The number of hydrogen-bond donors (Lipinski definition) is 1. The summed E-state index contributed by atoms with van der Waals surface area (Å²) >= 11 is 0. The van der Waals surface area contributed by atoms with Crippen molar-refractivity contribution in [3.05, 3.63) is 0 Å². The Morgan fingerprint density at radius 3 is 3.00 bits per heavy atom. The van der Waals surface area contributed by atoms with Crippen molar-refractivity contribution in [1.29, 1.82) is 0 Å². The number of amides is 1. The number of rotatable bonds is 2. The highest BCUT2D eigenvalue weighted by molar-refractivity contribution is 5.89. The van der Waals surface area contributed by atoms with Crippen molar-refractivity contribution in [3.8, 4) is 0 Å². The molecule has 1 N–H and O–H groups in total. The lowest BCUT2D eigenvalue weighted by Crippen LogP contribution is -2.54. The van der Waals surface area contributed by atoms with Gasteiger partial charge in [-0.25, -0.2) is 4.79 Å². The molecule has 0 aromatic carbocycles. The van der Waals surface area contributed by atoms with E-state index in [0.29, 0.717) is 13.0 Å². The van der Waals surface area contributed by atoms with Crippen LogP contribution in [0.5, 0.6) is 0 Å². The van der Waals surface area contributed by atoms with Gasteiger partial charge < -0.3 is 15.0 Å². The van der Waals surface area contributed by atoms with Gasteiger partial charge in [-0.3, -0.25) is 9.79 Å². The fourth-order valence-electron chi connectivity index (χ4n) is 2.66. The second-order valence-electron chi connectivity index (χ2n) is 4.64. The first-order valence-electron chi connectivity index (χ1n) is 6.24. The van der Waals surface area contributed by atoms with Crippen LogP contribution < -0.4 is 5.32 Å². The molecule has 6 heteroatoms. The molecule has 0 unspecified atom stereocenters. The Balaban J connectivity index is 2.24. The first-order valence-corrected chi connectivity index (χ1v) is 6.24. The number of likely N-dealkylation sites (N-methyl/N-ethyl adjacent to an activating group) is 1. The first kappa shape index (κ1) is 13.0. The number of hydrogen-bond acceptors (Lipinski definition) is 5. The average molecular weight is 253 g/mol. The van der Waals surface area contributed by atoms with Gasteiger partial charge in [-0.2, -0.15) is 0 Å². The third-order valence-electron chi connectivity index (χ3n) is 3.67. The van der Waals surface area contributed by atoms with Crippen molar-refractivity contribution in [1.82, 2.24) is 10.2 Å². The molecule has 0 aliphatic carbocycles. The number of ether oxygens (including phenoxy) is 1. The van der Waals surface area contributed by atoms with Crippen molar-refractivity contribution < 1.29 is 14.3 Å². The van der Waals surface area contributed by atoms with Crippen LogP contribution in [0.25, 0.3) is 0 Å². The highest BCUT2D eigenvalue weighted by atomic mass is 16.5. The summed E-state index contributed by atoms with van der Waals surface area (Å²) < 4.78 is 4.79. The van der Waals surface area contributed by atoms with E-state index in [1.54, 1.807) is 11.9 Å². The minimum absolute atomic E-state index is 0.0488. The summed E-state index contributed by atoms with van der Waals surface area (Å²) in [7, 11) is 3.10. The van der Waals surface area contributed by atoms with E-state index >= 15 is 0 Å². The summed E-state index contributed by atoms with van der Waals surface area (Å²) in [6.45, 7) is 0.423. The van der Waals surface area contributed by atoms with E-state index in [1.807, 2.05) is 6.21 Å². The van der Waals surface area contributed by atoms with E-state index in [-0.39, 0.29) is 24.0 Å². The van der Waals surface area contributed by atoms with Gasteiger partial charge in [0.1, 0.15) is 12.1 Å². The van der Waals surface area contributed by atoms with Gasteiger partial charge in [-0.15, -0.1) is 0 Å².